The van der Waals surface area contributed by atoms with Crippen LogP contribution >= 0.6 is 23.7 Å². The Morgan fingerprint density at radius 2 is 2.05 bits per heavy atom. The molecule has 112 valence electrons. The lowest BCUT2D eigenvalue weighted by Gasteiger charge is -2.27. The van der Waals surface area contributed by atoms with Crippen LogP contribution in [-0.2, 0) is 12.8 Å². The molecule has 1 atom stereocenters. The number of thiophene rings is 1. The molecule has 0 amide bonds. The Labute approximate surface area is 134 Å². The quantitative estimate of drug-likeness (QED) is 0.915. The molecule has 3 nitrogen and oxygen atoms in total. The van der Waals surface area contributed by atoms with Crippen LogP contribution in [-0.4, -0.2) is 13.3 Å². The van der Waals surface area contributed by atoms with Crippen molar-refractivity contribution in [3.63, 3.8) is 0 Å². The molecule has 4 rings (SSSR count). The molecule has 3 heterocycles. The number of hydrogen-bond acceptors (Lipinski definition) is 4. The van der Waals surface area contributed by atoms with E-state index in [1.165, 1.54) is 20.9 Å². The summed E-state index contributed by atoms with van der Waals surface area (Å²) >= 11 is 1.89. The van der Waals surface area contributed by atoms with E-state index in [0.29, 0.717) is 12.8 Å². The summed E-state index contributed by atoms with van der Waals surface area (Å²) in [6, 6.07) is 9.14. The number of aryl methyl sites for hydroxylation is 1. The zero-order chi connectivity index (χ0) is 13.5. The van der Waals surface area contributed by atoms with Crippen LogP contribution in [0.5, 0.6) is 11.5 Å². The Morgan fingerprint density at radius 1 is 1.24 bits per heavy atom. The van der Waals surface area contributed by atoms with Gasteiger partial charge in [-0.1, -0.05) is 0 Å². The van der Waals surface area contributed by atoms with Crippen molar-refractivity contribution in [3.05, 3.63) is 45.1 Å². The highest BCUT2D eigenvalue weighted by Crippen LogP contribution is 2.39. The molecule has 5 heteroatoms. The minimum Gasteiger partial charge on any atom is -0.454 e. The number of fused-ring (bicyclic) bond motifs is 2. The topological polar surface area (TPSA) is 30.5 Å². The molecule has 0 aliphatic carbocycles. The van der Waals surface area contributed by atoms with Gasteiger partial charge in [0.1, 0.15) is 0 Å². The largest absolute Gasteiger partial charge is 0.454 e. The Balaban J connectivity index is 0.00000132. The smallest absolute Gasteiger partial charge is 0.231 e. The Morgan fingerprint density at radius 3 is 2.81 bits per heavy atom. The third kappa shape index (κ3) is 2.76. The number of halogens is 1. The Kier molecular flexibility index (Phi) is 4.11. The van der Waals surface area contributed by atoms with E-state index in [9.17, 15) is 0 Å². The van der Waals surface area contributed by atoms with E-state index >= 15 is 0 Å². The van der Waals surface area contributed by atoms with E-state index in [2.05, 4.69) is 36.5 Å². The van der Waals surface area contributed by atoms with Gasteiger partial charge in [0, 0.05) is 22.2 Å². The molecule has 0 bridgehead atoms. The van der Waals surface area contributed by atoms with Crippen LogP contribution in [0.15, 0.2) is 24.3 Å². The van der Waals surface area contributed by atoms with Crippen molar-refractivity contribution in [3.8, 4) is 11.5 Å². The summed E-state index contributed by atoms with van der Waals surface area (Å²) in [5.41, 5.74) is 2.76. The molecular weight excluding hydrogens is 306 g/mol. The molecule has 1 aromatic carbocycles. The van der Waals surface area contributed by atoms with Crippen molar-refractivity contribution < 1.29 is 9.47 Å². The fourth-order valence-electron chi connectivity index (χ4n) is 3.01. The highest BCUT2D eigenvalue weighted by Gasteiger charge is 2.25. The van der Waals surface area contributed by atoms with Crippen molar-refractivity contribution in [2.24, 2.45) is 0 Å². The summed E-state index contributed by atoms with van der Waals surface area (Å²) in [6.07, 6.45) is 2.11. The fraction of sp³-hybridized carbons (Fsp3) is 0.375. The number of benzene rings is 1. The van der Waals surface area contributed by atoms with Crippen molar-refractivity contribution in [2.75, 3.05) is 13.3 Å². The summed E-state index contributed by atoms with van der Waals surface area (Å²) in [5.74, 6) is 1.79. The number of nitrogens with one attached hydrogen (secondary N) is 1. The summed E-state index contributed by atoms with van der Waals surface area (Å²) in [4.78, 5) is 2.81. The van der Waals surface area contributed by atoms with Gasteiger partial charge in [-0.3, -0.25) is 0 Å². The van der Waals surface area contributed by atoms with Gasteiger partial charge in [0.15, 0.2) is 11.5 Å². The minimum atomic E-state index is 0. The molecule has 1 aromatic heterocycles. The van der Waals surface area contributed by atoms with Gasteiger partial charge in [0.2, 0.25) is 6.79 Å². The summed E-state index contributed by atoms with van der Waals surface area (Å²) in [5, 5.41) is 3.63. The average Bonchev–Trinajstić information content (AvgIpc) is 3.05. The first-order valence-electron chi connectivity index (χ1n) is 7.01. The zero-order valence-corrected chi connectivity index (χ0v) is 13.5. The monoisotopic (exact) mass is 323 g/mol. The highest BCUT2D eigenvalue weighted by molar-refractivity contribution is 7.11. The molecule has 1 N–H and O–H groups in total. The molecule has 21 heavy (non-hydrogen) atoms. The molecule has 2 aromatic rings. The lowest BCUT2D eigenvalue weighted by Crippen LogP contribution is -2.31. The maximum absolute atomic E-state index is 5.52. The van der Waals surface area contributed by atoms with Gasteiger partial charge in [0.05, 0.1) is 0 Å². The van der Waals surface area contributed by atoms with Gasteiger partial charge in [-0.25, -0.2) is 0 Å². The van der Waals surface area contributed by atoms with Crippen LogP contribution in [0.4, 0.5) is 0 Å². The predicted octanol–water partition coefficient (Wildman–Crippen LogP) is 3.64. The van der Waals surface area contributed by atoms with Crippen LogP contribution in [0.2, 0.25) is 0 Å². The highest BCUT2D eigenvalue weighted by atomic mass is 35.5. The van der Waals surface area contributed by atoms with Crippen LogP contribution in [0.3, 0.4) is 0 Å². The number of ether oxygens (including phenoxy) is 2. The van der Waals surface area contributed by atoms with Crippen molar-refractivity contribution >= 4 is 23.7 Å². The van der Waals surface area contributed by atoms with Crippen molar-refractivity contribution in [2.45, 2.75) is 25.8 Å². The summed E-state index contributed by atoms with van der Waals surface area (Å²) < 4.78 is 11.0. The molecule has 0 radical (unpaired) electrons. The third-order valence-corrected chi connectivity index (χ3v) is 5.02. The minimum absolute atomic E-state index is 0. The number of hydrogen-bond donors (Lipinski definition) is 1. The van der Waals surface area contributed by atoms with Crippen LogP contribution in [0.25, 0.3) is 0 Å². The van der Waals surface area contributed by atoms with E-state index in [0.717, 1.165) is 30.9 Å². The fourth-order valence-corrected chi connectivity index (χ4v) is 3.95. The van der Waals surface area contributed by atoms with E-state index < -0.39 is 0 Å². The molecule has 0 fully saturated rings. The molecule has 0 saturated carbocycles. The van der Waals surface area contributed by atoms with Crippen LogP contribution < -0.4 is 14.8 Å². The molecule has 0 saturated heterocycles. The average molecular weight is 324 g/mol. The molecular formula is C16H18ClNO2S. The Hall–Kier alpha value is -1.23. The van der Waals surface area contributed by atoms with Gasteiger partial charge in [0.25, 0.3) is 0 Å². The maximum atomic E-state index is 5.52. The molecule has 2 aliphatic heterocycles. The first-order chi connectivity index (χ1) is 9.79. The molecule has 0 spiro atoms. The van der Waals surface area contributed by atoms with Crippen LogP contribution in [0, 0.1) is 6.92 Å². The van der Waals surface area contributed by atoms with Crippen molar-refractivity contribution in [1.82, 2.24) is 5.32 Å². The first kappa shape index (κ1) is 14.7. The van der Waals surface area contributed by atoms with Gasteiger partial charge in [-0.2, -0.15) is 0 Å². The maximum Gasteiger partial charge on any atom is 0.231 e. The van der Waals surface area contributed by atoms with Gasteiger partial charge >= 0.3 is 0 Å². The summed E-state index contributed by atoms with van der Waals surface area (Å²) in [6.45, 7) is 3.54. The predicted molar refractivity (Wildman–Crippen MR) is 87.0 cm³/mol. The van der Waals surface area contributed by atoms with Gasteiger partial charge in [-0.05, 0) is 55.3 Å². The SMILES string of the molecule is Cc1ccc(CC2NCCc3cc4c(cc32)OCO4)s1.Cl. The van der Waals surface area contributed by atoms with Gasteiger partial charge in [-0.15, -0.1) is 23.7 Å². The second kappa shape index (κ2) is 5.87. The van der Waals surface area contributed by atoms with Gasteiger partial charge < -0.3 is 14.8 Å². The third-order valence-electron chi connectivity index (χ3n) is 4.00. The first-order valence-corrected chi connectivity index (χ1v) is 7.82. The zero-order valence-electron chi connectivity index (χ0n) is 11.8. The van der Waals surface area contributed by atoms with E-state index in [1.54, 1.807) is 0 Å². The standard InChI is InChI=1S/C16H17NO2S.ClH/c1-10-2-3-12(20-10)7-14-13-8-16-15(18-9-19-16)6-11(13)4-5-17-14;/h2-3,6,8,14,17H,4-5,7,9H2,1H3;1H. The van der Waals surface area contributed by atoms with E-state index in [1.807, 2.05) is 11.3 Å². The summed E-state index contributed by atoms with van der Waals surface area (Å²) in [7, 11) is 0. The lowest BCUT2D eigenvalue weighted by molar-refractivity contribution is 0.174. The van der Waals surface area contributed by atoms with E-state index in [-0.39, 0.29) is 12.4 Å². The van der Waals surface area contributed by atoms with Crippen molar-refractivity contribution in [1.29, 1.82) is 0 Å². The van der Waals surface area contributed by atoms with E-state index in [4.69, 9.17) is 9.47 Å². The second-order valence-corrected chi connectivity index (χ2v) is 6.75. The number of rotatable bonds is 2. The lowest BCUT2D eigenvalue weighted by atomic mass is 9.91. The van der Waals surface area contributed by atoms with Crippen LogP contribution in [0.1, 0.15) is 26.9 Å². The second-order valence-electron chi connectivity index (χ2n) is 5.38. The molecule has 1 unspecified atom stereocenters. The normalized spacial score (nSPS) is 19.0. The Bertz CT molecular complexity index is 656. The molecule has 2 aliphatic rings.